The van der Waals surface area contributed by atoms with E-state index < -0.39 is 11.9 Å². The summed E-state index contributed by atoms with van der Waals surface area (Å²) < 4.78 is 3.21. The summed E-state index contributed by atoms with van der Waals surface area (Å²) in [5.41, 5.74) is 0. The van der Waals surface area contributed by atoms with Crippen LogP contribution in [-0.4, -0.2) is 33.6 Å². The monoisotopic (exact) mass is 633 g/mol. The van der Waals surface area contributed by atoms with Crippen LogP contribution in [0.25, 0.3) is 0 Å². The van der Waals surface area contributed by atoms with Gasteiger partial charge in [-0.1, -0.05) is 117 Å². The standard InChI is InChI=1S/2C12H24O2.2C4H9.Sb/c2*1-2-3-4-5-6-7-8-9-10-11-12(13)14;2*1-3-4-2;/h2*2-11H2,1H3,(H,13,14);2*1,3-4H2,2H3;/q;;;;+2/p-2. The van der Waals surface area contributed by atoms with Gasteiger partial charge in [0, 0.05) is 11.9 Å². The quantitative estimate of drug-likeness (QED) is 0.0707. The predicted molar refractivity (Wildman–Crippen MR) is 159 cm³/mol. The van der Waals surface area contributed by atoms with E-state index in [0.29, 0.717) is 21.6 Å². The Labute approximate surface area is 243 Å². The third-order valence-electron chi connectivity index (χ3n) is 6.31. The SMILES string of the molecule is CCCCCCCCCCCC(=O)[O-].CCCCCCCCCCCC(=O)[O-].CCC[CH2][Sb+2][CH2]CCC. The zero-order valence-corrected chi connectivity index (χ0v) is 28.0. The van der Waals surface area contributed by atoms with E-state index in [-0.39, 0.29) is 12.8 Å². The van der Waals surface area contributed by atoms with Crippen LogP contribution in [0.5, 0.6) is 0 Å². The Bertz CT molecular complexity index is 391. The van der Waals surface area contributed by atoms with Crippen molar-refractivity contribution in [1.82, 2.24) is 0 Å². The summed E-state index contributed by atoms with van der Waals surface area (Å²) in [5.74, 6) is -1.82. The van der Waals surface area contributed by atoms with Gasteiger partial charge in [0.2, 0.25) is 0 Å². The molecule has 0 aliphatic heterocycles. The fourth-order valence-electron chi connectivity index (χ4n) is 3.81. The van der Waals surface area contributed by atoms with Crippen LogP contribution in [0.15, 0.2) is 0 Å². The fourth-order valence-corrected chi connectivity index (χ4v) is 7.53. The Hall–Kier alpha value is -0.242. The van der Waals surface area contributed by atoms with Gasteiger partial charge in [-0.25, -0.2) is 0 Å². The molecule has 0 bridgehead atoms. The molecule has 0 aromatic rings. The predicted octanol–water partition coefficient (Wildman–Crippen LogP) is 8.44. The van der Waals surface area contributed by atoms with Gasteiger partial charge in [-0.05, 0) is 25.7 Å². The van der Waals surface area contributed by atoms with Crippen molar-refractivity contribution in [3.63, 3.8) is 0 Å². The molecule has 0 saturated heterocycles. The van der Waals surface area contributed by atoms with E-state index in [1.54, 1.807) is 8.73 Å². The summed E-state index contributed by atoms with van der Waals surface area (Å²) in [4.78, 5) is 20.2. The van der Waals surface area contributed by atoms with Crippen LogP contribution < -0.4 is 10.2 Å². The van der Waals surface area contributed by atoms with Crippen molar-refractivity contribution in [3.8, 4) is 0 Å². The van der Waals surface area contributed by atoms with Crippen molar-refractivity contribution < 1.29 is 19.8 Å². The van der Waals surface area contributed by atoms with Gasteiger partial charge in [0.05, 0.1) is 0 Å². The topological polar surface area (TPSA) is 80.3 Å². The Kier molecular flexibility index (Phi) is 44.9. The molecule has 0 unspecified atom stereocenters. The average molecular weight is 635 g/mol. The summed E-state index contributed by atoms with van der Waals surface area (Å²) in [6.45, 7) is 9.02. The molecule has 1 radical (unpaired) electrons. The second-order valence-corrected chi connectivity index (χ2v) is 14.1. The van der Waals surface area contributed by atoms with Gasteiger partial charge < -0.3 is 19.8 Å². The van der Waals surface area contributed by atoms with Crippen LogP contribution in [0.3, 0.4) is 0 Å². The third-order valence-corrected chi connectivity index (χ3v) is 9.92. The molecule has 0 saturated carbocycles. The first-order valence-corrected chi connectivity index (χ1v) is 19.6. The third kappa shape index (κ3) is 52.9. The van der Waals surface area contributed by atoms with Gasteiger partial charge in [-0.15, -0.1) is 0 Å². The average Bonchev–Trinajstić information content (AvgIpc) is 2.87. The van der Waals surface area contributed by atoms with Crippen LogP contribution >= 0.6 is 0 Å². The molecular weight excluding hydrogens is 570 g/mol. The maximum absolute atomic E-state index is 10.1. The number of carboxylic acid groups (broad SMARTS) is 2. The Balaban J connectivity index is -0.000000481. The van der Waals surface area contributed by atoms with Gasteiger partial charge in [0.1, 0.15) is 0 Å². The van der Waals surface area contributed by atoms with E-state index in [1.165, 1.54) is 116 Å². The van der Waals surface area contributed by atoms with Crippen LogP contribution in [0.4, 0.5) is 0 Å². The van der Waals surface area contributed by atoms with Crippen LogP contribution in [0.2, 0.25) is 8.73 Å². The summed E-state index contributed by atoms with van der Waals surface area (Å²) in [7, 11) is 0. The first kappa shape index (κ1) is 41.2. The summed E-state index contributed by atoms with van der Waals surface area (Å²) in [6, 6.07) is 0. The normalized spacial score (nSPS) is 10.2. The molecule has 0 atom stereocenters. The number of carboxylic acids is 2. The van der Waals surface area contributed by atoms with E-state index in [2.05, 4.69) is 27.7 Å². The van der Waals surface area contributed by atoms with Gasteiger partial charge in [0.15, 0.2) is 0 Å². The molecule has 37 heavy (non-hydrogen) atoms. The Morgan fingerprint density at radius 3 is 0.892 bits per heavy atom. The van der Waals surface area contributed by atoms with E-state index in [1.807, 2.05) is 0 Å². The molecule has 0 aliphatic rings. The van der Waals surface area contributed by atoms with Gasteiger partial charge in [-0.2, -0.15) is 0 Å². The number of unbranched alkanes of at least 4 members (excludes halogenated alkanes) is 18. The molecule has 0 N–H and O–H groups in total. The number of carbonyl (C=O) groups excluding carboxylic acids is 2. The van der Waals surface area contributed by atoms with Crippen molar-refractivity contribution in [2.45, 2.75) is 191 Å². The first-order chi connectivity index (χ1) is 18.0. The van der Waals surface area contributed by atoms with Crippen LogP contribution in [0.1, 0.15) is 182 Å². The van der Waals surface area contributed by atoms with Gasteiger partial charge >= 0.3 is 69.9 Å². The number of rotatable bonds is 26. The molecule has 0 rings (SSSR count). The number of hydrogen-bond acceptors (Lipinski definition) is 4. The second kappa shape index (κ2) is 40.3. The molecule has 5 heteroatoms. The molecule has 4 nitrogen and oxygen atoms in total. The van der Waals surface area contributed by atoms with E-state index in [4.69, 9.17) is 0 Å². The second-order valence-electron chi connectivity index (χ2n) is 10.3. The molecular formula is C32H64O4Sb. The minimum atomic E-state index is -0.909. The van der Waals surface area contributed by atoms with Crippen molar-refractivity contribution in [2.75, 3.05) is 0 Å². The van der Waals surface area contributed by atoms with E-state index in [0.717, 1.165) is 25.7 Å². The molecule has 0 aliphatic carbocycles. The van der Waals surface area contributed by atoms with E-state index >= 15 is 0 Å². The summed E-state index contributed by atoms with van der Waals surface area (Å²) in [6.07, 6.45) is 28.1. The number of carbonyl (C=O) groups is 2. The first-order valence-electron chi connectivity index (χ1n) is 16.0. The van der Waals surface area contributed by atoms with Crippen molar-refractivity contribution in [3.05, 3.63) is 0 Å². The van der Waals surface area contributed by atoms with Crippen LogP contribution in [-0.2, 0) is 9.59 Å². The molecule has 221 valence electrons. The zero-order chi connectivity index (χ0) is 28.2. The fraction of sp³-hybridized carbons (Fsp3) is 0.938. The van der Waals surface area contributed by atoms with Gasteiger partial charge in [0.25, 0.3) is 0 Å². The molecule has 0 aromatic heterocycles. The Morgan fingerprint density at radius 1 is 0.405 bits per heavy atom. The molecule has 0 amide bonds. The van der Waals surface area contributed by atoms with Crippen LogP contribution in [0, 0.1) is 0 Å². The minimum absolute atomic E-state index is 0.232. The van der Waals surface area contributed by atoms with Crippen molar-refractivity contribution in [1.29, 1.82) is 0 Å². The molecule has 0 fully saturated rings. The van der Waals surface area contributed by atoms with Gasteiger partial charge in [-0.3, -0.25) is 0 Å². The number of aliphatic carboxylic acids is 2. The Morgan fingerprint density at radius 2 is 0.649 bits per heavy atom. The molecule has 0 aromatic carbocycles. The molecule has 0 heterocycles. The zero-order valence-electron chi connectivity index (χ0n) is 25.5. The summed E-state index contributed by atoms with van der Waals surface area (Å²) >= 11 is 0.304. The van der Waals surface area contributed by atoms with Crippen molar-refractivity contribution in [2.24, 2.45) is 0 Å². The molecule has 0 spiro atoms. The van der Waals surface area contributed by atoms with Crippen molar-refractivity contribution >= 4 is 33.6 Å². The number of hydrogen-bond donors (Lipinski definition) is 0. The van der Waals surface area contributed by atoms with E-state index in [9.17, 15) is 19.8 Å². The summed E-state index contributed by atoms with van der Waals surface area (Å²) in [5, 5.41) is 20.2. The maximum atomic E-state index is 10.1.